The lowest BCUT2D eigenvalue weighted by atomic mass is 10.1. The predicted molar refractivity (Wildman–Crippen MR) is 76.5 cm³/mol. The van der Waals surface area contributed by atoms with Crippen LogP contribution in [0.1, 0.15) is 42.4 Å². The summed E-state index contributed by atoms with van der Waals surface area (Å²) >= 11 is 1.56. The highest BCUT2D eigenvalue weighted by molar-refractivity contribution is 7.11. The van der Waals surface area contributed by atoms with Crippen molar-refractivity contribution in [3.05, 3.63) is 15.6 Å². The summed E-state index contributed by atoms with van der Waals surface area (Å²) in [5, 5.41) is 13.0. The fourth-order valence-electron chi connectivity index (χ4n) is 2.91. The van der Waals surface area contributed by atoms with Gasteiger partial charge in [-0.25, -0.2) is 4.98 Å². The smallest absolute Gasteiger partial charge is 0.307 e. The maximum atomic E-state index is 12.2. The van der Waals surface area contributed by atoms with Crippen molar-refractivity contribution >= 4 is 23.2 Å². The number of nitrogens with zero attached hydrogens (tertiary/aromatic N) is 1. The lowest BCUT2D eigenvalue weighted by molar-refractivity contribution is -0.140. The summed E-state index contributed by atoms with van der Waals surface area (Å²) in [6, 6.07) is -0.139. The molecule has 3 atom stereocenters. The van der Waals surface area contributed by atoms with Gasteiger partial charge in [0.25, 0.3) is 0 Å². The topological polar surface area (TPSA) is 79.3 Å². The number of carbonyl (C=O) groups excluding carboxylic acids is 1. The van der Waals surface area contributed by atoms with Gasteiger partial charge in [0.15, 0.2) is 0 Å². The van der Waals surface area contributed by atoms with Gasteiger partial charge in [-0.3, -0.25) is 9.59 Å². The quantitative estimate of drug-likeness (QED) is 0.893. The Bertz CT molecular complexity index is 565. The second kappa shape index (κ2) is 4.84. The Balaban J connectivity index is 2.06. The van der Waals surface area contributed by atoms with Crippen LogP contribution in [-0.4, -0.2) is 22.0 Å². The van der Waals surface area contributed by atoms with Crippen LogP contribution in [0.5, 0.6) is 0 Å². The summed E-state index contributed by atoms with van der Waals surface area (Å²) < 4.78 is 0. The molecule has 1 fully saturated rings. The van der Waals surface area contributed by atoms with E-state index in [0.29, 0.717) is 0 Å². The molecule has 0 saturated heterocycles. The first-order chi connectivity index (χ1) is 9.16. The normalized spacial score (nSPS) is 25.1. The number of rotatable bonds is 4. The molecule has 0 aliphatic heterocycles. The second-order valence-electron chi connectivity index (χ2n) is 6.03. The third kappa shape index (κ3) is 2.44. The van der Waals surface area contributed by atoms with Crippen molar-refractivity contribution < 1.29 is 14.7 Å². The molecule has 1 aromatic heterocycles. The molecule has 1 aromatic rings. The molecule has 1 saturated carbocycles. The Hall–Kier alpha value is -1.43. The molecular weight excluding hydrogens is 276 g/mol. The van der Waals surface area contributed by atoms with Gasteiger partial charge in [0.05, 0.1) is 28.6 Å². The maximum absolute atomic E-state index is 12.2. The molecular formula is C14H20N2O3S. The van der Waals surface area contributed by atoms with E-state index in [-0.39, 0.29) is 11.9 Å². The van der Waals surface area contributed by atoms with Crippen LogP contribution in [-0.2, 0) is 9.59 Å². The van der Waals surface area contributed by atoms with E-state index in [4.69, 9.17) is 5.11 Å². The molecule has 110 valence electrons. The van der Waals surface area contributed by atoms with Gasteiger partial charge >= 0.3 is 5.97 Å². The zero-order valence-corrected chi connectivity index (χ0v) is 13.2. The van der Waals surface area contributed by atoms with E-state index < -0.39 is 23.2 Å². The van der Waals surface area contributed by atoms with Crippen LogP contribution in [0.15, 0.2) is 0 Å². The van der Waals surface area contributed by atoms with Gasteiger partial charge in [0.2, 0.25) is 5.91 Å². The number of carboxylic acids is 1. The average molecular weight is 296 g/mol. The van der Waals surface area contributed by atoms with E-state index in [1.165, 1.54) is 0 Å². The molecule has 2 N–H and O–H groups in total. The van der Waals surface area contributed by atoms with Crippen LogP contribution in [0.3, 0.4) is 0 Å². The summed E-state index contributed by atoms with van der Waals surface area (Å²) in [4.78, 5) is 28.7. The zero-order valence-electron chi connectivity index (χ0n) is 12.4. The molecule has 0 aromatic carbocycles. The number of carbonyl (C=O) groups is 2. The Morgan fingerprint density at radius 2 is 1.95 bits per heavy atom. The second-order valence-corrected chi connectivity index (χ2v) is 7.26. The highest BCUT2D eigenvalue weighted by atomic mass is 32.1. The summed E-state index contributed by atoms with van der Waals surface area (Å²) in [5.74, 6) is -2.11. The summed E-state index contributed by atoms with van der Waals surface area (Å²) in [6.45, 7) is 9.40. The van der Waals surface area contributed by atoms with Crippen molar-refractivity contribution in [3.63, 3.8) is 0 Å². The predicted octanol–water partition coefficient (Wildman–Crippen LogP) is 2.29. The summed E-state index contributed by atoms with van der Waals surface area (Å²) in [6.07, 6.45) is 0. The lowest BCUT2D eigenvalue weighted by Crippen LogP contribution is -2.29. The molecule has 1 heterocycles. The first kappa shape index (κ1) is 15.0. The van der Waals surface area contributed by atoms with Gasteiger partial charge in [-0.05, 0) is 26.2 Å². The van der Waals surface area contributed by atoms with E-state index in [2.05, 4.69) is 10.3 Å². The van der Waals surface area contributed by atoms with Gasteiger partial charge in [-0.2, -0.15) is 0 Å². The largest absolute Gasteiger partial charge is 0.481 e. The number of carboxylic acid groups (broad SMARTS) is 1. The highest BCUT2D eigenvalue weighted by Gasteiger charge is 2.65. The van der Waals surface area contributed by atoms with Crippen molar-refractivity contribution in [1.82, 2.24) is 10.3 Å². The molecule has 1 aliphatic rings. The number of hydrogen-bond donors (Lipinski definition) is 2. The minimum Gasteiger partial charge on any atom is -0.481 e. The van der Waals surface area contributed by atoms with E-state index in [9.17, 15) is 9.59 Å². The zero-order chi connectivity index (χ0) is 15.2. The molecule has 2 rings (SSSR count). The van der Waals surface area contributed by atoms with Crippen molar-refractivity contribution in [2.45, 2.75) is 40.7 Å². The third-order valence-electron chi connectivity index (χ3n) is 4.07. The fraction of sp³-hybridized carbons (Fsp3) is 0.643. The van der Waals surface area contributed by atoms with Crippen LogP contribution in [0.2, 0.25) is 0 Å². The number of aliphatic carboxylic acids is 1. The van der Waals surface area contributed by atoms with Crippen LogP contribution in [0, 0.1) is 31.1 Å². The summed E-state index contributed by atoms with van der Waals surface area (Å²) in [5.41, 5.74) is 0.457. The summed E-state index contributed by atoms with van der Waals surface area (Å²) in [7, 11) is 0. The van der Waals surface area contributed by atoms with Gasteiger partial charge in [-0.15, -0.1) is 11.3 Å². The fourth-order valence-corrected chi connectivity index (χ4v) is 3.84. The molecule has 5 nitrogen and oxygen atoms in total. The highest BCUT2D eigenvalue weighted by Crippen LogP contribution is 2.58. The SMILES string of the molecule is Cc1nc(C)c(C(C)NC(=O)[C@H]2[C@@H](C(=O)O)C2(C)C)s1. The van der Waals surface area contributed by atoms with E-state index in [1.54, 1.807) is 11.3 Å². The van der Waals surface area contributed by atoms with Gasteiger partial charge < -0.3 is 10.4 Å². The van der Waals surface area contributed by atoms with E-state index in [0.717, 1.165) is 15.6 Å². The molecule has 1 aliphatic carbocycles. The number of thiazole rings is 1. The number of aryl methyl sites for hydroxylation is 2. The Kier molecular flexibility index (Phi) is 3.62. The van der Waals surface area contributed by atoms with Crippen LogP contribution in [0.4, 0.5) is 0 Å². The Morgan fingerprint density at radius 1 is 1.35 bits per heavy atom. The number of hydrogen-bond acceptors (Lipinski definition) is 4. The molecule has 20 heavy (non-hydrogen) atoms. The van der Waals surface area contributed by atoms with Gasteiger partial charge in [-0.1, -0.05) is 13.8 Å². The molecule has 6 heteroatoms. The van der Waals surface area contributed by atoms with E-state index in [1.807, 2.05) is 34.6 Å². The van der Waals surface area contributed by atoms with Crippen molar-refractivity contribution in [1.29, 1.82) is 0 Å². The number of aromatic nitrogens is 1. The molecule has 0 bridgehead atoms. The standard InChI is InChI=1S/C14H20N2O3S/c1-6-11(20-8(3)15-6)7(2)16-12(17)9-10(13(18)19)14(9,4)5/h7,9-10H,1-5H3,(H,16,17)(H,18,19)/t7?,9-,10+/m1/s1. The van der Waals surface area contributed by atoms with Crippen molar-refractivity contribution in [2.75, 3.05) is 0 Å². The lowest BCUT2D eigenvalue weighted by Gasteiger charge is -2.13. The monoisotopic (exact) mass is 296 g/mol. The first-order valence-corrected chi connectivity index (χ1v) is 7.45. The van der Waals surface area contributed by atoms with Crippen LogP contribution in [0.25, 0.3) is 0 Å². The maximum Gasteiger partial charge on any atom is 0.307 e. The first-order valence-electron chi connectivity index (χ1n) is 6.63. The number of amides is 1. The Labute approximate surface area is 122 Å². The minimum absolute atomic E-state index is 0.139. The van der Waals surface area contributed by atoms with Crippen LogP contribution < -0.4 is 5.32 Å². The van der Waals surface area contributed by atoms with Crippen molar-refractivity contribution in [3.8, 4) is 0 Å². The molecule has 0 radical (unpaired) electrons. The van der Waals surface area contributed by atoms with Crippen molar-refractivity contribution in [2.24, 2.45) is 17.3 Å². The van der Waals surface area contributed by atoms with E-state index >= 15 is 0 Å². The number of nitrogens with one attached hydrogen (secondary N) is 1. The average Bonchev–Trinajstić information content (AvgIpc) is 2.72. The molecule has 1 unspecified atom stereocenters. The minimum atomic E-state index is -0.896. The third-order valence-corrected chi connectivity index (χ3v) is 5.32. The molecule has 1 amide bonds. The van der Waals surface area contributed by atoms with Crippen LogP contribution >= 0.6 is 11.3 Å². The Morgan fingerprint density at radius 3 is 2.35 bits per heavy atom. The molecule has 0 spiro atoms. The van der Waals surface area contributed by atoms with Gasteiger partial charge in [0.1, 0.15) is 0 Å². The van der Waals surface area contributed by atoms with Gasteiger partial charge in [0, 0.05) is 4.88 Å².